The molecule has 0 aliphatic carbocycles. The highest BCUT2D eigenvalue weighted by atomic mass is 35.5. The fourth-order valence-corrected chi connectivity index (χ4v) is 3.77. The second-order valence-electron chi connectivity index (χ2n) is 7.41. The van der Waals surface area contributed by atoms with E-state index in [1.807, 2.05) is 30.4 Å². The Morgan fingerprint density at radius 3 is 2.03 bits per heavy atom. The second-order valence-corrected chi connectivity index (χ2v) is 7.82. The summed E-state index contributed by atoms with van der Waals surface area (Å²) in [7, 11) is 7.75. The summed E-state index contributed by atoms with van der Waals surface area (Å²) in [6, 6.07) is 14.2. The van der Waals surface area contributed by atoms with E-state index in [-0.39, 0.29) is 5.78 Å². The van der Waals surface area contributed by atoms with Gasteiger partial charge in [-0.2, -0.15) is 0 Å². The van der Waals surface area contributed by atoms with E-state index in [1.165, 1.54) is 20.3 Å². The molecule has 188 valence electrons. The predicted molar refractivity (Wildman–Crippen MR) is 143 cm³/mol. The van der Waals surface area contributed by atoms with Gasteiger partial charge in [0, 0.05) is 24.0 Å². The fraction of sp³-hybridized carbons (Fsp3) is 0.179. The zero-order valence-electron chi connectivity index (χ0n) is 20.8. The molecule has 1 N–H and O–H groups in total. The molecule has 3 rings (SSSR count). The molecule has 0 amide bonds. The van der Waals surface area contributed by atoms with E-state index in [9.17, 15) is 4.79 Å². The number of halogens is 1. The first kappa shape index (κ1) is 26.5. The Labute approximate surface area is 215 Å². The van der Waals surface area contributed by atoms with E-state index in [0.29, 0.717) is 45.0 Å². The average Bonchev–Trinajstić information content (AvgIpc) is 2.91. The number of benzene rings is 3. The van der Waals surface area contributed by atoms with Gasteiger partial charge in [0.15, 0.2) is 17.3 Å². The molecule has 3 aromatic carbocycles. The van der Waals surface area contributed by atoms with E-state index < -0.39 is 0 Å². The standard InChI is InChI=1S/C28H28ClNO6/c1-32-24-9-7-6-8-20(24)23(31)12-13-30-22-17-25(33-2)21(29)16-19(22)11-10-18-14-26(34-3)28(36-5)27(15-18)35-4/h6-17,30H,1-5H3/b11-10-,13-12-. The molecular weight excluding hydrogens is 482 g/mol. The van der Waals surface area contributed by atoms with Crippen LogP contribution in [-0.4, -0.2) is 41.3 Å². The highest BCUT2D eigenvalue weighted by Crippen LogP contribution is 2.39. The van der Waals surface area contributed by atoms with Crippen LogP contribution in [0, 0.1) is 0 Å². The zero-order chi connectivity index (χ0) is 26.1. The number of ketones is 1. The third-order valence-electron chi connectivity index (χ3n) is 5.31. The van der Waals surface area contributed by atoms with Crippen LogP contribution in [0.25, 0.3) is 12.2 Å². The van der Waals surface area contributed by atoms with Crippen LogP contribution in [0.5, 0.6) is 28.7 Å². The largest absolute Gasteiger partial charge is 0.496 e. The maximum atomic E-state index is 12.7. The number of ether oxygens (including phenoxy) is 5. The third kappa shape index (κ3) is 6.12. The fourth-order valence-electron chi connectivity index (χ4n) is 3.52. The maximum absolute atomic E-state index is 12.7. The van der Waals surface area contributed by atoms with Crippen LogP contribution in [0.1, 0.15) is 21.5 Å². The molecule has 36 heavy (non-hydrogen) atoms. The SMILES string of the molecule is COc1cc(N/C=C\C(=O)c2ccccc2OC)c(/C=C\c2cc(OC)c(OC)c(OC)c2)cc1Cl. The number of rotatable bonds is 11. The van der Waals surface area contributed by atoms with Crippen molar-refractivity contribution in [1.82, 2.24) is 0 Å². The molecule has 0 saturated heterocycles. The van der Waals surface area contributed by atoms with Crippen LogP contribution in [0.4, 0.5) is 5.69 Å². The lowest BCUT2D eigenvalue weighted by Crippen LogP contribution is -2.00. The number of nitrogens with one attached hydrogen (secondary N) is 1. The van der Waals surface area contributed by atoms with Crippen molar-refractivity contribution in [3.8, 4) is 28.7 Å². The van der Waals surface area contributed by atoms with Crippen molar-refractivity contribution in [2.45, 2.75) is 0 Å². The van der Waals surface area contributed by atoms with Gasteiger partial charge in [0.2, 0.25) is 5.75 Å². The summed E-state index contributed by atoms with van der Waals surface area (Å²) in [5.41, 5.74) is 2.74. The first-order chi connectivity index (χ1) is 17.4. The van der Waals surface area contributed by atoms with Crippen LogP contribution < -0.4 is 29.0 Å². The molecule has 3 aromatic rings. The first-order valence-electron chi connectivity index (χ1n) is 10.9. The topological polar surface area (TPSA) is 75.3 Å². The lowest BCUT2D eigenvalue weighted by Gasteiger charge is -2.13. The van der Waals surface area contributed by atoms with Crippen LogP contribution in [0.15, 0.2) is 60.8 Å². The number of anilines is 1. The Hall–Kier alpha value is -4.10. The molecular formula is C28H28ClNO6. The first-order valence-corrected chi connectivity index (χ1v) is 11.3. The van der Waals surface area contributed by atoms with Gasteiger partial charge in [0.1, 0.15) is 11.5 Å². The van der Waals surface area contributed by atoms with Crippen LogP contribution >= 0.6 is 11.6 Å². The minimum Gasteiger partial charge on any atom is -0.496 e. The quantitative estimate of drug-likeness (QED) is 0.183. The van der Waals surface area contributed by atoms with Gasteiger partial charge in [-0.15, -0.1) is 0 Å². The van der Waals surface area contributed by atoms with E-state index >= 15 is 0 Å². The summed E-state index contributed by atoms with van der Waals surface area (Å²) >= 11 is 6.39. The molecule has 0 fully saturated rings. The molecule has 0 aliphatic rings. The Morgan fingerprint density at radius 2 is 1.42 bits per heavy atom. The highest BCUT2D eigenvalue weighted by molar-refractivity contribution is 6.32. The lowest BCUT2D eigenvalue weighted by molar-refractivity contribution is 0.104. The molecule has 7 nitrogen and oxygen atoms in total. The van der Waals surface area contributed by atoms with Gasteiger partial charge in [-0.25, -0.2) is 0 Å². The van der Waals surface area contributed by atoms with Crippen molar-refractivity contribution in [2.24, 2.45) is 0 Å². The minimum absolute atomic E-state index is 0.199. The molecule has 0 radical (unpaired) electrons. The van der Waals surface area contributed by atoms with Gasteiger partial charge in [0.05, 0.1) is 46.1 Å². The van der Waals surface area contributed by atoms with Gasteiger partial charge in [-0.05, 0) is 41.5 Å². The Bertz CT molecular complexity index is 1260. The van der Waals surface area contributed by atoms with Crippen LogP contribution in [0.2, 0.25) is 5.02 Å². The molecule has 0 bridgehead atoms. The Balaban J connectivity index is 1.91. The highest BCUT2D eigenvalue weighted by Gasteiger charge is 2.13. The van der Waals surface area contributed by atoms with E-state index in [1.54, 1.807) is 57.9 Å². The molecule has 0 aliphatic heterocycles. The molecule has 0 aromatic heterocycles. The number of carbonyl (C=O) groups is 1. The van der Waals surface area contributed by atoms with Crippen molar-refractivity contribution in [3.05, 3.63) is 82.5 Å². The summed E-state index contributed by atoms with van der Waals surface area (Å²) in [6.07, 6.45) is 6.77. The van der Waals surface area contributed by atoms with Crippen LogP contribution in [-0.2, 0) is 0 Å². The number of para-hydroxylation sites is 1. The summed E-state index contributed by atoms with van der Waals surface area (Å²) < 4.78 is 26.9. The van der Waals surface area contributed by atoms with Gasteiger partial charge in [0.25, 0.3) is 0 Å². The Morgan fingerprint density at radius 1 is 0.778 bits per heavy atom. The molecule has 8 heteroatoms. The molecule has 0 saturated carbocycles. The van der Waals surface area contributed by atoms with Crippen molar-refractivity contribution < 1.29 is 28.5 Å². The van der Waals surface area contributed by atoms with Gasteiger partial charge in [-0.3, -0.25) is 4.79 Å². The molecule has 0 atom stereocenters. The molecule has 0 spiro atoms. The average molecular weight is 510 g/mol. The molecule has 0 heterocycles. The van der Waals surface area contributed by atoms with Gasteiger partial charge < -0.3 is 29.0 Å². The number of methoxy groups -OCH3 is 5. The summed E-state index contributed by atoms with van der Waals surface area (Å²) in [5, 5.41) is 3.60. The second kappa shape index (κ2) is 12.6. The number of hydrogen-bond donors (Lipinski definition) is 1. The Kier molecular flexibility index (Phi) is 9.25. The van der Waals surface area contributed by atoms with E-state index in [0.717, 1.165) is 11.1 Å². The summed E-state index contributed by atoms with van der Waals surface area (Å²) in [4.78, 5) is 12.7. The van der Waals surface area contributed by atoms with Crippen molar-refractivity contribution in [3.63, 3.8) is 0 Å². The van der Waals surface area contributed by atoms with Crippen molar-refractivity contribution in [1.29, 1.82) is 0 Å². The van der Waals surface area contributed by atoms with Crippen molar-refractivity contribution >= 4 is 35.2 Å². The zero-order valence-corrected chi connectivity index (χ0v) is 21.5. The van der Waals surface area contributed by atoms with E-state index in [2.05, 4.69) is 5.32 Å². The molecule has 0 unspecified atom stereocenters. The number of allylic oxidation sites excluding steroid dienone is 1. The summed E-state index contributed by atoms with van der Waals surface area (Å²) in [6.45, 7) is 0. The summed E-state index contributed by atoms with van der Waals surface area (Å²) in [5.74, 6) is 2.40. The van der Waals surface area contributed by atoms with Crippen LogP contribution in [0.3, 0.4) is 0 Å². The maximum Gasteiger partial charge on any atom is 0.203 e. The normalized spacial score (nSPS) is 10.9. The number of hydrogen-bond acceptors (Lipinski definition) is 7. The van der Waals surface area contributed by atoms with Gasteiger partial charge in [-0.1, -0.05) is 35.9 Å². The number of carbonyl (C=O) groups excluding carboxylic acids is 1. The van der Waals surface area contributed by atoms with Gasteiger partial charge >= 0.3 is 0 Å². The van der Waals surface area contributed by atoms with Crippen molar-refractivity contribution in [2.75, 3.05) is 40.9 Å². The lowest BCUT2D eigenvalue weighted by atomic mass is 10.1. The monoisotopic (exact) mass is 509 g/mol. The predicted octanol–water partition coefficient (Wildman–Crippen LogP) is 6.36. The third-order valence-corrected chi connectivity index (χ3v) is 5.61. The van der Waals surface area contributed by atoms with E-state index in [4.69, 9.17) is 35.3 Å². The minimum atomic E-state index is -0.199. The smallest absolute Gasteiger partial charge is 0.203 e.